The van der Waals surface area contributed by atoms with Gasteiger partial charge in [-0.2, -0.15) is 52.1 Å². The van der Waals surface area contributed by atoms with Gasteiger partial charge in [-0.3, -0.25) is 0 Å². The van der Waals surface area contributed by atoms with Gasteiger partial charge in [0.25, 0.3) is 0 Å². The summed E-state index contributed by atoms with van der Waals surface area (Å²) in [6, 6.07) is 28.3. The molecule has 0 heterocycles. The van der Waals surface area contributed by atoms with E-state index in [-0.39, 0.29) is 41.1 Å². The van der Waals surface area contributed by atoms with Crippen molar-refractivity contribution in [3.8, 4) is 11.1 Å². The van der Waals surface area contributed by atoms with Gasteiger partial charge in [-0.25, -0.2) is 6.07 Å². The molecule has 0 saturated carbocycles. The third kappa shape index (κ3) is 10.7. The smallest absolute Gasteiger partial charge is 0.0632 e. The number of hydrogen-bond donors (Lipinski definition) is 0. The number of rotatable bonds is 1. The topological polar surface area (TPSA) is 0 Å². The molecule has 3 heteroatoms. The number of halogens is 2. The Labute approximate surface area is 290 Å². The van der Waals surface area contributed by atoms with Crippen LogP contribution in [0, 0.1) is 26.8 Å². The van der Waals surface area contributed by atoms with Crippen molar-refractivity contribution in [1.82, 2.24) is 0 Å². The standard InChI is InChI=1S/C21H25.C11H14.C8H11.2ClH.Zr/c1-20(2,3)16-9-7-14-11-15-8-10-17(21(4,5)6)13-19(15)18(14)12-16;1-9-5-7-10(8-6-9)11(2,3)4;1-6-4-7(2)8(3)5-6;;;/h7,9-10,12-13H,11H2,1-6H3;1,5-8H,2-4H3;4-5H,1-3H3;2*1H;/q-1;;-1;;;+2/p-2. The van der Waals surface area contributed by atoms with Crippen molar-refractivity contribution in [1.29, 1.82) is 0 Å². The van der Waals surface area contributed by atoms with E-state index < -0.39 is 0 Å². The van der Waals surface area contributed by atoms with Crippen LogP contribution in [0.1, 0.15) is 112 Å². The van der Waals surface area contributed by atoms with E-state index in [2.05, 4.69) is 160 Å². The summed E-state index contributed by atoms with van der Waals surface area (Å²) in [6.45, 7) is 26.8. The molecule has 1 aliphatic rings. The summed E-state index contributed by atoms with van der Waals surface area (Å²) in [4.78, 5) is 0. The Morgan fingerprint density at radius 3 is 1.60 bits per heavy atom. The number of hydrogen-bond acceptors (Lipinski definition) is 0. The van der Waals surface area contributed by atoms with Crippen molar-refractivity contribution >= 4 is 3.71 Å². The Hall–Kier alpha value is -1.66. The van der Waals surface area contributed by atoms with Crippen LogP contribution in [0.15, 0.2) is 66.7 Å². The van der Waals surface area contributed by atoms with E-state index in [4.69, 9.17) is 0 Å². The first kappa shape index (κ1) is 39.4. The van der Waals surface area contributed by atoms with Crippen LogP contribution in [0.4, 0.5) is 0 Å². The molecule has 230 valence electrons. The predicted molar refractivity (Wildman–Crippen MR) is 177 cm³/mol. The normalized spacial score (nSPS) is 11.9. The molecule has 4 aromatic carbocycles. The van der Waals surface area contributed by atoms with Gasteiger partial charge in [-0.05, 0) is 17.4 Å². The minimum absolute atomic E-state index is 0. The zero-order chi connectivity index (χ0) is 30.8. The third-order valence-corrected chi connectivity index (χ3v) is 8.80. The van der Waals surface area contributed by atoms with Gasteiger partial charge in [0.2, 0.25) is 0 Å². The van der Waals surface area contributed by atoms with Crippen molar-refractivity contribution in [3.63, 3.8) is 0 Å². The second-order valence-corrected chi connectivity index (χ2v) is 15.5. The first-order valence-electron chi connectivity index (χ1n) is 14.9. The fourth-order valence-electron chi connectivity index (χ4n) is 5.02. The Bertz CT molecular complexity index is 1400. The number of aryl methyl sites for hydroxylation is 3. The van der Waals surface area contributed by atoms with Gasteiger partial charge in [0.05, 0.1) is 0 Å². The van der Waals surface area contributed by atoms with Gasteiger partial charge in [0.15, 0.2) is 0 Å². The second kappa shape index (κ2) is 15.6. The molecular weight excluding hydrogens is 643 g/mol. The molecule has 0 saturated heterocycles. The van der Waals surface area contributed by atoms with Gasteiger partial charge < -0.3 is 24.8 Å². The van der Waals surface area contributed by atoms with E-state index in [1.54, 1.807) is 0 Å². The zero-order valence-corrected chi connectivity index (χ0v) is 32.4. The predicted octanol–water partition coefficient (Wildman–Crippen LogP) is 4.67. The van der Waals surface area contributed by atoms with Crippen molar-refractivity contribution in [2.75, 3.05) is 0 Å². The molecule has 0 N–H and O–H groups in total. The zero-order valence-electron chi connectivity index (χ0n) is 28.4. The largest absolute Gasteiger partial charge is 1.00 e. The van der Waals surface area contributed by atoms with Crippen LogP contribution in [0.3, 0.4) is 0 Å². The number of benzene rings is 3. The first-order valence-corrected chi connectivity index (χ1v) is 16.3. The summed E-state index contributed by atoms with van der Waals surface area (Å²) in [5.41, 5.74) is 16.0. The van der Waals surface area contributed by atoms with Crippen LogP contribution >= 0.6 is 0 Å². The van der Waals surface area contributed by atoms with Gasteiger partial charge in [-0.15, -0.1) is 5.56 Å². The van der Waals surface area contributed by atoms with Crippen LogP contribution in [-0.4, -0.2) is 3.71 Å². The summed E-state index contributed by atoms with van der Waals surface area (Å²) in [7, 11) is 0. The summed E-state index contributed by atoms with van der Waals surface area (Å²) >= 11 is 1.46. The fourth-order valence-corrected chi connectivity index (χ4v) is 5.49. The molecule has 0 bridgehead atoms. The average molecular weight is 693 g/mol. The molecular formula is C40H50Cl2Zr-2. The molecule has 5 rings (SSSR count). The maximum atomic E-state index is 3.53. The molecule has 0 fully saturated rings. The van der Waals surface area contributed by atoms with Crippen LogP contribution < -0.4 is 24.8 Å². The van der Waals surface area contributed by atoms with Gasteiger partial charge >= 0.3 is 89.5 Å². The van der Waals surface area contributed by atoms with Gasteiger partial charge in [0.1, 0.15) is 0 Å². The third-order valence-electron chi connectivity index (χ3n) is 7.98. The van der Waals surface area contributed by atoms with Crippen LogP contribution in [0.25, 0.3) is 11.1 Å². The van der Waals surface area contributed by atoms with Gasteiger partial charge in [0, 0.05) is 0 Å². The summed E-state index contributed by atoms with van der Waals surface area (Å²) in [6.07, 6.45) is 1.03. The van der Waals surface area contributed by atoms with Crippen LogP contribution in [-0.2, 0) is 46.9 Å². The molecule has 43 heavy (non-hydrogen) atoms. The van der Waals surface area contributed by atoms with Crippen molar-refractivity contribution < 1.29 is 49.0 Å². The van der Waals surface area contributed by atoms with Crippen LogP contribution in [0.5, 0.6) is 0 Å². The fraction of sp³-hybridized carbons (Fsp3) is 0.400. The molecule has 0 nitrogen and oxygen atoms in total. The molecule has 0 spiro atoms. The minimum Gasteiger partial charge on any atom is -1.00 e. The molecule has 4 aromatic rings. The van der Waals surface area contributed by atoms with E-state index in [1.807, 2.05) is 0 Å². The second-order valence-electron chi connectivity index (χ2n) is 14.7. The van der Waals surface area contributed by atoms with E-state index >= 15 is 0 Å². The summed E-state index contributed by atoms with van der Waals surface area (Å²) in [5, 5.41) is 0. The molecule has 0 aromatic heterocycles. The van der Waals surface area contributed by atoms with Crippen molar-refractivity contribution in [2.45, 2.75) is 106 Å². The van der Waals surface area contributed by atoms with Crippen molar-refractivity contribution in [3.05, 3.63) is 123 Å². The maximum absolute atomic E-state index is 3.53. The molecule has 0 amide bonds. The Kier molecular flexibility index (Phi) is 14.2. The SMILES string of the molecule is CC(C)(C)c1c[c-]c2c(c1)-c1cc(C(C)(C)C)ccc1C2.CC(C)(C)c1ccc([CH]=[Zr+2])cc1.Cc1cc(C)c(C)[cH-]1.[Cl-].[Cl-]. The van der Waals surface area contributed by atoms with E-state index in [9.17, 15) is 0 Å². The Morgan fingerprint density at radius 2 is 1.19 bits per heavy atom. The molecule has 0 aliphatic heterocycles. The Morgan fingerprint density at radius 1 is 0.674 bits per heavy atom. The quantitative estimate of drug-likeness (QED) is 0.224. The molecule has 0 radical (unpaired) electrons. The van der Waals surface area contributed by atoms with Crippen molar-refractivity contribution in [2.24, 2.45) is 0 Å². The van der Waals surface area contributed by atoms with E-state index in [0.717, 1.165) is 6.42 Å². The first-order chi connectivity index (χ1) is 18.9. The monoisotopic (exact) mass is 690 g/mol. The van der Waals surface area contributed by atoms with E-state index in [1.165, 1.54) is 85.4 Å². The summed E-state index contributed by atoms with van der Waals surface area (Å²) < 4.78 is 2.21. The maximum Gasteiger partial charge on any atom is -0.0632 e. The minimum atomic E-state index is 0. The van der Waals surface area contributed by atoms with Gasteiger partial charge in [-0.1, -0.05) is 97.1 Å². The van der Waals surface area contributed by atoms with E-state index in [0.29, 0.717) is 0 Å². The molecule has 0 atom stereocenters. The van der Waals surface area contributed by atoms with Crippen LogP contribution in [0.2, 0.25) is 0 Å². The summed E-state index contributed by atoms with van der Waals surface area (Å²) in [5.74, 6) is 0. The average Bonchev–Trinajstić information content (AvgIpc) is 3.39. The molecule has 1 aliphatic carbocycles. The number of fused-ring (bicyclic) bond motifs is 3. The molecule has 0 unspecified atom stereocenters. The Balaban J connectivity index is 0.000000357.